The molecule has 0 aliphatic heterocycles. The fourth-order valence-electron chi connectivity index (χ4n) is 0.303. The van der Waals surface area contributed by atoms with E-state index in [2.05, 4.69) is 11.3 Å². The Morgan fingerprint density at radius 1 is 1.80 bits per heavy atom. The Kier molecular flexibility index (Phi) is 3.10. The van der Waals surface area contributed by atoms with Crippen molar-refractivity contribution in [2.75, 3.05) is 7.11 Å². The normalized spacial score (nSPS) is 8.50. The minimum absolute atomic E-state index is 0.355. The number of ether oxygens (including phenoxy) is 1. The summed E-state index contributed by atoms with van der Waals surface area (Å²) in [7, 11) is 1.16. The Labute approximate surface area is 57.4 Å². The molecule has 0 saturated carbocycles. The first-order valence-electron chi connectivity index (χ1n) is 2.47. The molecular weight excluding hydrogens is 138 g/mol. The van der Waals surface area contributed by atoms with Crippen molar-refractivity contribution < 1.29 is 14.5 Å². The second-order valence-electron chi connectivity index (χ2n) is 1.58. The molecule has 0 unspecified atom stereocenters. The van der Waals surface area contributed by atoms with Crippen LogP contribution in [-0.2, 0) is 9.53 Å². The standard InChI is InChI=1S/C5H7NO4/c1-4(6(8)9)3-5(7)10-2/h1,3H2,2H3. The van der Waals surface area contributed by atoms with Crippen LogP contribution in [0, 0.1) is 10.1 Å². The number of hydrogen-bond donors (Lipinski definition) is 0. The van der Waals surface area contributed by atoms with Crippen LogP contribution in [0.3, 0.4) is 0 Å². The van der Waals surface area contributed by atoms with Gasteiger partial charge in [0.1, 0.15) is 6.42 Å². The minimum Gasteiger partial charge on any atom is -0.469 e. The van der Waals surface area contributed by atoms with Crippen LogP contribution in [0.2, 0.25) is 0 Å². The van der Waals surface area contributed by atoms with Crippen LogP contribution in [0.15, 0.2) is 12.3 Å². The van der Waals surface area contributed by atoms with Gasteiger partial charge in [-0.1, -0.05) is 0 Å². The Hall–Kier alpha value is -1.39. The highest BCUT2D eigenvalue weighted by molar-refractivity contribution is 5.71. The van der Waals surface area contributed by atoms with Crippen molar-refractivity contribution in [1.29, 1.82) is 0 Å². The smallest absolute Gasteiger partial charge is 0.316 e. The van der Waals surface area contributed by atoms with E-state index in [0.29, 0.717) is 0 Å². The molecule has 0 fully saturated rings. The van der Waals surface area contributed by atoms with E-state index in [0.717, 1.165) is 7.11 Å². The van der Waals surface area contributed by atoms with Gasteiger partial charge in [-0.05, 0) is 6.58 Å². The Balaban J connectivity index is 3.80. The van der Waals surface area contributed by atoms with Gasteiger partial charge in [-0.3, -0.25) is 14.9 Å². The van der Waals surface area contributed by atoms with Crippen molar-refractivity contribution >= 4 is 5.97 Å². The molecule has 0 saturated heterocycles. The molecule has 0 bridgehead atoms. The van der Waals surface area contributed by atoms with E-state index in [1.54, 1.807) is 0 Å². The van der Waals surface area contributed by atoms with Gasteiger partial charge in [0.2, 0.25) is 5.70 Å². The first-order chi connectivity index (χ1) is 4.57. The number of carbonyl (C=O) groups excluding carboxylic acids is 1. The van der Waals surface area contributed by atoms with Crippen molar-refractivity contribution in [2.24, 2.45) is 0 Å². The van der Waals surface area contributed by atoms with Gasteiger partial charge in [-0.25, -0.2) is 0 Å². The van der Waals surface area contributed by atoms with E-state index in [-0.39, 0.29) is 12.1 Å². The van der Waals surface area contributed by atoms with Gasteiger partial charge < -0.3 is 4.74 Å². The van der Waals surface area contributed by atoms with Crippen LogP contribution in [0.5, 0.6) is 0 Å². The SMILES string of the molecule is C=C(CC(=O)OC)[N+](=O)[O-]. The monoisotopic (exact) mass is 145 g/mol. The van der Waals surface area contributed by atoms with Gasteiger partial charge >= 0.3 is 5.97 Å². The summed E-state index contributed by atoms with van der Waals surface area (Å²) in [5.74, 6) is -0.651. The summed E-state index contributed by atoms with van der Waals surface area (Å²) < 4.78 is 4.17. The summed E-state index contributed by atoms with van der Waals surface area (Å²) in [6, 6.07) is 0. The van der Waals surface area contributed by atoms with Crippen molar-refractivity contribution in [1.82, 2.24) is 0 Å². The summed E-state index contributed by atoms with van der Waals surface area (Å²) in [6.07, 6.45) is -0.358. The van der Waals surface area contributed by atoms with Crippen LogP contribution in [0.4, 0.5) is 0 Å². The Morgan fingerprint density at radius 3 is 2.60 bits per heavy atom. The number of carbonyl (C=O) groups is 1. The average Bonchev–Trinajstić information content (AvgIpc) is 1.87. The summed E-state index contributed by atoms with van der Waals surface area (Å²) in [6.45, 7) is 3.04. The summed E-state index contributed by atoms with van der Waals surface area (Å²) in [5.41, 5.74) is -0.355. The van der Waals surface area contributed by atoms with E-state index < -0.39 is 10.9 Å². The largest absolute Gasteiger partial charge is 0.469 e. The first-order valence-corrected chi connectivity index (χ1v) is 2.47. The highest BCUT2D eigenvalue weighted by Crippen LogP contribution is 1.98. The van der Waals surface area contributed by atoms with Crippen molar-refractivity contribution in [2.45, 2.75) is 6.42 Å². The summed E-state index contributed by atoms with van der Waals surface area (Å²) >= 11 is 0. The molecule has 56 valence electrons. The topological polar surface area (TPSA) is 69.4 Å². The quantitative estimate of drug-likeness (QED) is 0.326. The summed E-state index contributed by atoms with van der Waals surface area (Å²) in [4.78, 5) is 19.5. The molecule has 0 amide bonds. The van der Waals surface area contributed by atoms with Crippen LogP contribution in [-0.4, -0.2) is 18.0 Å². The van der Waals surface area contributed by atoms with Gasteiger partial charge in [0.05, 0.1) is 12.0 Å². The molecule has 0 heterocycles. The van der Waals surface area contributed by atoms with Gasteiger partial charge in [0.25, 0.3) is 0 Å². The van der Waals surface area contributed by atoms with E-state index in [9.17, 15) is 14.9 Å². The van der Waals surface area contributed by atoms with E-state index in [4.69, 9.17) is 0 Å². The molecule has 0 aliphatic rings. The molecule has 0 atom stereocenters. The maximum absolute atomic E-state index is 10.3. The number of esters is 1. The fraction of sp³-hybridized carbons (Fsp3) is 0.400. The number of rotatable bonds is 3. The lowest BCUT2D eigenvalue weighted by molar-refractivity contribution is -0.426. The summed E-state index contributed by atoms with van der Waals surface area (Å²) in [5, 5.41) is 9.85. The second-order valence-corrected chi connectivity index (χ2v) is 1.58. The van der Waals surface area contributed by atoms with Crippen molar-refractivity contribution in [3.05, 3.63) is 22.4 Å². The van der Waals surface area contributed by atoms with Crippen LogP contribution < -0.4 is 0 Å². The number of nitro groups is 1. The zero-order valence-corrected chi connectivity index (χ0v) is 5.49. The average molecular weight is 145 g/mol. The van der Waals surface area contributed by atoms with Crippen LogP contribution >= 0.6 is 0 Å². The predicted molar refractivity (Wildman–Crippen MR) is 32.8 cm³/mol. The molecule has 10 heavy (non-hydrogen) atoms. The van der Waals surface area contributed by atoms with E-state index in [1.807, 2.05) is 0 Å². The lowest BCUT2D eigenvalue weighted by Crippen LogP contribution is -2.06. The van der Waals surface area contributed by atoms with Gasteiger partial charge in [-0.2, -0.15) is 0 Å². The predicted octanol–water partition coefficient (Wildman–Crippen LogP) is 0.340. The zero-order chi connectivity index (χ0) is 8.15. The van der Waals surface area contributed by atoms with E-state index >= 15 is 0 Å². The van der Waals surface area contributed by atoms with Crippen LogP contribution in [0.25, 0.3) is 0 Å². The maximum Gasteiger partial charge on any atom is 0.316 e. The Bertz CT molecular complexity index is 174. The number of hydrogen-bond acceptors (Lipinski definition) is 4. The third-order valence-corrected chi connectivity index (χ3v) is 0.834. The highest BCUT2D eigenvalue weighted by Gasteiger charge is 2.12. The second kappa shape index (κ2) is 3.60. The molecular formula is C5H7NO4. The van der Waals surface area contributed by atoms with Gasteiger partial charge in [0.15, 0.2) is 0 Å². The highest BCUT2D eigenvalue weighted by atomic mass is 16.6. The van der Waals surface area contributed by atoms with Gasteiger partial charge in [0, 0.05) is 0 Å². The molecule has 0 aromatic rings. The third kappa shape index (κ3) is 2.81. The molecule has 0 N–H and O–H groups in total. The molecule has 0 rings (SSSR count). The molecule has 0 aromatic carbocycles. The fourth-order valence-corrected chi connectivity index (χ4v) is 0.303. The maximum atomic E-state index is 10.3. The zero-order valence-electron chi connectivity index (χ0n) is 5.49. The van der Waals surface area contributed by atoms with E-state index in [1.165, 1.54) is 0 Å². The lowest BCUT2D eigenvalue weighted by atomic mass is 10.3. The number of methoxy groups -OCH3 is 1. The first kappa shape index (κ1) is 8.61. The molecule has 0 aromatic heterocycles. The van der Waals surface area contributed by atoms with Crippen molar-refractivity contribution in [3.63, 3.8) is 0 Å². The lowest BCUT2D eigenvalue weighted by Gasteiger charge is -1.93. The molecule has 5 nitrogen and oxygen atoms in total. The Morgan fingerprint density at radius 2 is 2.30 bits per heavy atom. The molecule has 0 aliphatic carbocycles. The van der Waals surface area contributed by atoms with Crippen LogP contribution in [0.1, 0.15) is 6.42 Å². The molecule has 5 heteroatoms. The third-order valence-electron chi connectivity index (χ3n) is 0.834. The van der Waals surface area contributed by atoms with Crippen molar-refractivity contribution in [3.8, 4) is 0 Å². The molecule has 0 radical (unpaired) electrons. The molecule has 0 spiro atoms. The minimum atomic E-state index is -0.711. The number of nitrogens with zero attached hydrogens (tertiary/aromatic N) is 1. The van der Waals surface area contributed by atoms with Gasteiger partial charge in [-0.15, -0.1) is 0 Å².